The Hall–Kier alpha value is -0.740. The van der Waals surface area contributed by atoms with Crippen LogP contribution in [0.2, 0.25) is 0 Å². The zero-order chi connectivity index (χ0) is 11.7. The molecule has 0 heterocycles. The highest BCUT2D eigenvalue weighted by Crippen LogP contribution is 2.29. The van der Waals surface area contributed by atoms with Crippen LogP contribution in [0.5, 0.6) is 0 Å². The first kappa shape index (κ1) is 11.7. The summed E-state index contributed by atoms with van der Waals surface area (Å²) < 4.78 is 28.5. The van der Waals surface area contributed by atoms with Crippen molar-refractivity contribution in [2.75, 3.05) is 0 Å². The van der Waals surface area contributed by atoms with Gasteiger partial charge in [0.05, 0.1) is 5.56 Å². The van der Waals surface area contributed by atoms with E-state index >= 15 is 0 Å². The van der Waals surface area contributed by atoms with Crippen molar-refractivity contribution in [3.8, 4) is 11.1 Å². The van der Waals surface area contributed by atoms with Gasteiger partial charge in [-0.3, -0.25) is 0 Å². The summed E-state index contributed by atoms with van der Waals surface area (Å²) in [5.41, 5.74) is 0.515. The summed E-state index contributed by atoms with van der Waals surface area (Å²) in [5.74, 6) is -1.15. The minimum absolute atomic E-state index is 0.00398. The Labute approximate surface area is 109 Å². The highest BCUT2D eigenvalue weighted by atomic mass is 79.9. The van der Waals surface area contributed by atoms with Gasteiger partial charge in [0.1, 0.15) is 11.6 Å². The molecule has 16 heavy (non-hydrogen) atoms. The molecule has 0 saturated carbocycles. The van der Waals surface area contributed by atoms with Gasteiger partial charge in [-0.25, -0.2) is 8.78 Å². The maximum atomic E-state index is 13.6. The monoisotopic (exact) mass is 346 g/mol. The van der Waals surface area contributed by atoms with Crippen molar-refractivity contribution in [2.45, 2.75) is 0 Å². The first-order valence-corrected chi connectivity index (χ1v) is 6.07. The molecular weight excluding hydrogens is 342 g/mol. The van der Waals surface area contributed by atoms with E-state index in [0.29, 0.717) is 10.0 Å². The lowest BCUT2D eigenvalue weighted by Gasteiger charge is -2.06. The Morgan fingerprint density at radius 3 is 1.75 bits per heavy atom. The molecule has 82 valence electrons. The molecule has 0 radical (unpaired) electrons. The molecule has 0 spiro atoms. The van der Waals surface area contributed by atoms with Crippen molar-refractivity contribution < 1.29 is 8.78 Å². The van der Waals surface area contributed by atoms with Gasteiger partial charge in [0.2, 0.25) is 0 Å². The molecule has 0 aromatic heterocycles. The number of rotatable bonds is 1. The molecule has 0 aliphatic heterocycles. The molecule has 0 amide bonds. The molecule has 0 bridgehead atoms. The Morgan fingerprint density at radius 2 is 1.25 bits per heavy atom. The quantitative estimate of drug-likeness (QED) is 0.668. The van der Waals surface area contributed by atoms with Crippen molar-refractivity contribution in [3.05, 3.63) is 57.0 Å². The number of halogens is 4. The predicted molar refractivity (Wildman–Crippen MR) is 67.2 cm³/mol. The fourth-order valence-corrected chi connectivity index (χ4v) is 2.10. The highest BCUT2D eigenvalue weighted by Gasteiger charge is 2.12. The minimum atomic E-state index is -0.575. The van der Waals surface area contributed by atoms with E-state index in [9.17, 15) is 8.78 Å². The average Bonchev–Trinajstić information content (AvgIpc) is 2.19. The molecule has 0 unspecified atom stereocenters. The second kappa shape index (κ2) is 4.63. The summed E-state index contributed by atoms with van der Waals surface area (Å²) in [4.78, 5) is 0. The van der Waals surface area contributed by atoms with Crippen molar-refractivity contribution >= 4 is 31.9 Å². The summed E-state index contributed by atoms with van der Waals surface area (Å²) in [5, 5.41) is 0. The lowest BCUT2D eigenvalue weighted by atomic mass is 10.0. The lowest BCUT2D eigenvalue weighted by molar-refractivity contribution is 0.588. The van der Waals surface area contributed by atoms with Crippen LogP contribution in [0.1, 0.15) is 0 Å². The Morgan fingerprint density at radius 1 is 0.750 bits per heavy atom. The predicted octanol–water partition coefficient (Wildman–Crippen LogP) is 5.16. The second-order valence-corrected chi connectivity index (χ2v) is 5.08. The molecule has 4 heteroatoms. The summed E-state index contributed by atoms with van der Waals surface area (Å²) >= 11 is 6.32. The third-order valence-electron chi connectivity index (χ3n) is 2.14. The molecule has 0 nitrogen and oxygen atoms in total. The minimum Gasteiger partial charge on any atom is -0.206 e. The third-order valence-corrected chi connectivity index (χ3v) is 3.13. The number of hydrogen-bond donors (Lipinski definition) is 0. The first-order valence-electron chi connectivity index (χ1n) is 4.48. The molecule has 2 aromatic carbocycles. The fraction of sp³-hybridized carbons (Fsp3) is 0. The van der Waals surface area contributed by atoms with Crippen molar-refractivity contribution in [1.29, 1.82) is 0 Å². The van der Waals surface area contributed by atoms with E-state index in [2.05, 4.69) is 31.9 Å². The van der Waals surface area contributed by atoms with Crippen molar-refractivity contribution in [1.82, 2.24) is 0 Å². The SMILES string of the molecule is Fc1cc(Br)cc(F)c1-c1ccc(Br)cc1. The number of hydrogen-bond acceptors (Lipinski definition) is 0. The van der Waals surface area contributed by atoms with Crippen LogP contribution in [-0.2, 0) is 0 Å². The first-order chi connectivity index (χ1) is 7.58. The maximum Gasteiger partial charge on any atom is 0.135 e. The standard InChI is InChI=1S/C12H6Br2F2/c13-8-3-1-7(2-4-8)12-10(15)5-9(14)6-11(12)16/h1-6H. The van der Waals surface area contributed by atoms with E-state index in [4.69, 9.17) is 0 Å². The molecule has 0 fully saturated rings. The Bertz CT molecular complexity index is 498. The van der Waals surface area contributed by atoms with Crippen LogP contribution in [0.4, 0.5) is 8.78 Å². The van der Waals surface area contributed by atoms with Crippen LogP contribution in [0.15, 0.2) is 45.3 Å². The van der Waals surface area contributed by atoms with E-state index < -0.39 is 11.6 Å². The van der Waals surface area contributed by atoms with Crippen LogP contribution in [-0.4, -0.2) is 0 Å². The highest BCUT2D eigenvalue weighted by molar-refractivity contribution is 9.10. The van der Waals surface area contributed by atoms with Crippen LogP contribution >= 0.6 is 31.9 Å². The van der Waals surface area contributed by atoms with E-state index in [1.54, 1.807) is 24.3 Å². The average molecular weight is 348 g/mol. The van der Waals surface area contributed by atoms with Gasteiger partial charge in [-0.15, -0.1) is 0 Å². The van der Waals surface area contributed by atoms with Crippen LogP contribution in [0.3, 0.4) is 0 Å². The fourth-order valence-electron chi connectivity index (χ4n) is 1.43. The van der Waals surface area contributed by atoms with E-state index in [-0.39, 0.29) is 5.56 Å². The van der Waals surface area contributed by atoms with Crippen LogP contribution in [0, 0.1) is 11.6 Å². The van der Waals surface area contributed by atoms with Gasteiger partial charge in [-0.2, -0.15) is 0 Å². The second-order valence-electron chi connectivity index (χ2n) is 3.25. The van der Waals surface area contributed by atoms with E-state index in [0.717, 1.165) is 4.47 Å². The molecule has 0 aliphatic rings. The van der Waals surface area contributed by atoms with Crippen LogP contribution in [0.25, 0.3) is 11.1 Å². The largest absolute Gasteiger partial charge is 0.206 e. The van der Waals surface area contributed by atoms with Gasteiger partial charge < -0.3 is 0 Å². The van der Waals surface area contributed by atoms with Gasteiger partial charge in [-0.05, 0) is 29.8 Å². The van der Waals surface area contributed by atoms with E-state index in [1.165, 1.54) is 12.1 Å². The molecule has 2 aromatic rings. The zero-order valence-corrected chi connectivity index (χ0v) is 11.1. The van der Waals surface area contributed by atoms with Gasteiger partial charge in [-0.1, -0.05) is 44.0 Å². The summed E-state index contributed by atoms with van der Waals surface area (Å²) in [6, 6.07) is 9.33. The van der Waals surface area contributed by atoms with Gasteiger partial charge in [0, 0.05) is 8.95 Å². The summed E-state index contributed by atoms with van der Waals surface area (Å²) in [6.45, 7) is 0. The molecular formula is C12H6Br2F2. The summed E-state index contributed by atoms with van der Waals surface area (Å²) in [6.07, 6.45) is 0. The van der Waals surface area contributed by atoms with Crippen molar-refractivity contribution in [2.24, 2.45) is 0 Å². The maximum absolute atomic E-state index is 13.6. The lowest BCUT2D eigenvalue weighted by Crippen LogP contribution is -1.90. The zero-order valence-electron chi connectivity index (χ0n) is 7.98. The molecule has 2 rings (SSSR count). The number of benzene rings is 2. The molecule has 0 atom stereocenters. The third kappa shape index (κ3) is 2.33. The van der Waals surface area contributed by atoms with Gasteiger partial charge in [0.25, 0.3) is 0 Å². The Balaban J connectivity index is 2.60. The van der Waals surface area contributed by atoms with Gasteiger partial charge in [0.15, 0.2) is 0 Å². The topological polar surface area (TPSA) is 0 Å². The van der Waals surface area contributed by atoms with Crippen LogP contribution < -0.4 is 0 Å². The smallest absolute Gasteiger partial charge is 0.135 e. The van der Waals surface area contributed by atoms with E-state index in [1.807, 2.05) is 0 Å². The normalized spacial score (nSPS) is 10.5. The molecule has 0 N–H and O–H groups in total. The van der Waals surface area contributed by atoms with Gasteiger partial charge >= 0.3 is 0 Å². The van der Waals surface area contributed by atoms with Crippen molar-refractivity contribution in [3.63, 3.8) is 0 Å². The summed E-state index contributed by atoms with van der Waals surface area (Å²) in [7, 11) is 0. The molecule has 0 aliphatic carbocycles. The Kier molecular flexibility index (Phi) is 3.40. The molecule has 0 saturated heterocycles.